The zero-order valence-electron chi connectivity index (χ0n) is 15.0. The summed E-state index contributed by atoms with van der Waals surface area (Å²) in [7, 11) is 0. The van der Waals surface area contributed by atoms with E-state index in [9.17, 15) is 9.90 Å². The van der Waals surface area contributed by atoms with Crippen molar-refractivity contribution in [3.63, 3.8) is 0 Å². The Morgan fingerprint density at radius 1 is 1.27 bits per heavy atom. The molecule has 26 heavy (non-hydrogen) atoms. The van der Waals surface area contributed by atoms with Crippen LogP contribution < -0.4 is 5.32 Å². The lowest BCUT2D eigenvalue weighted by molar-refractivity contribution is 0.0375. The van der Waals surface area contributed by atoms with Crippen molar-refractivity contribution in [1.29, 1.82) is 0 Å². The van der Waals surface area contributed by atoms with Crippen molar-refractivity contribution in [3.05, 3.63) is 59.4 Å². The summed E-state index contributed by atoms with van der Waals surface area (Å²) >= 11 is 0. The number of aliphatic hydroxyl groups excluding tert-OH is 1. The molecule has 0 spiro atoms. The molecule has 0 aromatic heterocycles. The molecule has 0 atom stereocenters. The molecule has 1 heterocycles. The van der Waals surface area contributed by atoms with Crippen LogP contribution in [0.1, 0.15) is 22.3 Å². The molecule has 2 rings (SSSR count). The largest absolute Gasteiger partial charge is 0.511 e. The van der Waals surface area contributed by atoms with E-state index in [0.717, 1.165) is 57.7 Å². The fourth-order valence-electron chi connectivity index (χ4n) is 2.51. The summed E-state index contributed by atoms with van der Waals surface area (Å²) < 4.78 is 5.32. The molecule has 0 saturated carbocycles. The summed E-state index contributed by atoms with van der Waals surface area (Å²) in [5.41, 5.74) is 1.48. The van der Waals surface area contributed by atoms with E-state index in [0.29, 0.717) is 12.1 Å². The van der Waals surface area contributed by atoms with Crippen LogP contribution in [0.3, 0.4) is 0 Å². The number of ether oxygens (including phenoxy) is 1. The van der Waals surface area contributed by atoms with Crippen LogP contribution >= 0.6 is 0 Å². The number of benzene rings is 1. The van der Waals surface area contributed by atoms with Crippen molar-refractivity contribution >= 4 is 6.29 Å². The quantitative estimate of drug-likeness (QED) is 0.246. The first-order valence-corrected chi connectivity index (χ1v) is 8.90. The van der Waals surface area contributed by atoms with Crippen molar-refractivity contribution < 1.29 is 14.6 Å². The SMILES string of the molecule is O=Cc1ccc(C#C/C=C/C=C(\O)CNCCCN2CCOCC2)cc1. The topological polar surface area (TPSA) is 61.8 Å². The molecule has 5 heteroatoms. The first kappa shape index (κ1) is 19.9. The molecule has 0 bridgehead atoms. The Morgan fingerprint density at radius 2 is 2.04 bits per heavy atom. The molecule has 0 aliphatic carbocycles. The van der Waals surface area contributed by atoms with Gasteiger partial charge < -0.3 is 15.2 Å². The first-order chi connectivity index (χ1) is 12.8. The van der Waals surface area contributed by atoms with Gasteiger partial charge in [-0.05, 0) is 43.8 Å². The highest BCUT2D eigenvalue weighted by Gasteiger charge is 2.08. The van der Waals surface area contributed by atoms with E-state index >= 15 is 0 Å². The minimum Gasteiger partial charge on any atom is -0.511 e. The third kappa shape index (κ3) is 8.13. The number of nitrogens with one attached hydrogen (secondary N) is 1. The van der Waals surface area contributed by atoms with Gasteiger partial charge in [-0.2, -0.15) is 0 Å². The average Bonchev–Trinajstić information content (AvgIpc) is 2.69. The van der Waals surface area contributed by atoms with Crippen LogP contribution in [-0.4, -0.2) is 62.2 Å². The fourth-order valence-corrected chi connectivity index (χ4v) is 2.51. The second kappa shape index (κ2) is 12.0. The molecule has 0 radical (unpaired) electrons. The number of aldehydes is 1. The standard InChI is InChI=1S/C21H26N2O3/c24-18-20-9-7-19(8-10-20)5-2-1-3-6-21(25)17-22-11-4-12-23-13-15-26-16-14-23/h1,3,6-10,18,22,25H,4,11-17H2/b3-1+,21-6-. The number of hydrogen-bond donors (Lipinski definition) is 2. The maximum Gasteiger partial charge on any atom is 0.150 e. The number of rotatable bonds is 8. The van der Waals surface area contributed by atoms with Crippen molar-refractivity contribution in [2.24, 2.45) is 0 Å². The van der Waals surface area contributed by atoms with E-state index in [4.69, 9.17) is 4.74 Å². The van der Waals surface area contributed by atoms with Crippen LogP contribution in [0.5, 0.6) is 0 Å². The number of nitrogens with zero attached hydrogens (tertiary/aromatic N) is 1. The Bertz CT molecular complexity index is 663. The molecular formula is C21H26N2O3. The number of allylic oxidation sites excluding steroid dienone is 3. The van der Waals surface area contributed by atoms with Gasteiger partial charge in [0, 0.05) is 24.2 Å². The van der Waals surface area contributed by atoms with E-state index in [1.807, 2.05) is 0 Å². The molecule has 1 aliphatic heterocycles. The Balaban J connectivity index is 1.60. The summed E-state index contributed by atoms with van der Waals surface area (Å²) in [4.78, 5) is 13.0. The van der Waals surface area contributed by atoms with Crippen LogP contribution in [0.25, 0.3) is 0 Å². The summed E-state index contributed by atoms with van der Waals surface area (Å²) in [6, 6.07) is 7.08. The smallest absolute Gasteiger partial charge is 0.150 e. The van der Waals surface area contributed by atoms with Crippen LogP contribution in [0.2, 0.25) is 0 Å². The van der Waals surface area contributed by atoms with Crippen molar-refractivity contribution in [2.45, 2.75) is 6.42 Å². The van der Waals surface area contributed by atoms with Gasteiger partial charge in [-0.25, -0.2) is 0 Å². The molecule has 0 unspecified atom stereocenters. The van der Waals surface area contributed by atoms with Gasteiger partial charge in [-0.3, -0.25) is 9.69 Å². The monoisotopic (exact) mass is 354 g/mol. The Kier molecular flexibility index (Phi) is 9.23. The summed E-state index contributed by atoms with van der Waals surface area (Å²) in [6.45, 7) is 6.07. The van der Waals surface area contributed by atoms with Gasteiger partial charge >= 0.3 is 0 Å². The third-order valence-electron chi connectivity index (χ3n) is 3.97. The van der Waals surface area contributed by atoms with E-state index in [1.54, 1.807) is 42.5 Å². The zero-order valence-corrected chi connectivity index (χ0v) is 15.0. The first-order valence-electron chi connectivity index (χ1n) is 8.90. The van der Waals surface area contributed by atoms with Crippen molar-refractivity contribution in [3.8, 4) is 11.8 Å². The van der Waals surface area contributed by atoms with E-state index in [2.05, 4.69) is 22.1 Å². The van der Waals surface area contributed by atoms with Crippen LogP contribution in [-0.2, 0) is 4.74 Å². The maximum atomic E-state index is 10.6. The van der Waals surface area contributed by atoms with Crippen molar-refractivity contribution in [1.82, 2.24) is 10.2 Å². The number of carbonyl (C=O) groups is 1. The Morgan fingerprint density at radius 3 is 2.77 bits per heavy atom. The molecular weight excluding hydrogens is 328 g/mol. The predicted octanol–water partition coefficient (Wildman–Crippen LogP) is 2.16. The normalized spacial score (nSPS) is 15.6. The molecule has 1 aromatic rings. The van der Waals surface area contributed by atoms with Crippen LogP contribution in [0, 0.1) is 11.8 Å². The second-order valence-corrected chi connectivity index (χ2v) is 6.01. The van der Waals surface area contributed by atoms with Crippen LogP contribution in [0.4, 0.5) is 0 Å². The van der Waals surface area contributed by atoms with Gasteiger partial charge in [0.1, 0.15) is 12.0 Å². The number of morpholine rings is 1. The number of aliphatic hydroxyl groups is 1. The van der Waals surface area contributed by atoms with E-state index < -0.39 is 0 Å². The average molecular weight is 354 g/mol. The third-order valence-corrected chi connectivity index (χ3v) is 3.97. The summed E-state index contributed by atoms with van der Waals surface area (Å²) in [5.74, 6) is 6.15. The highest BCUT2D eigenvalue weighted by atomic mass is 16.5. The van der Waals surface area contributed by atoms with E-state index in [-0.39, 0.29) is 5.76 Å². The minimum atomic E-state index is 0.282. The summed E-state index contributed by atoms with van der Waals surface area (Å²) in [5, 5.41) is 13.0. The Hall–Kier alpha value is -2.39. The molecule has 1 saturated heterocycles. The van der Waals surface area contributed by atoms with Crippen LogP contribution in [0.15, 0.2) is 48.3 Å². The lowest BCUT2D eigenvalue weighted by atomic mass is 10.1. The van der Waals surface area contributed by atoms with Gasteiger partial charge in [-0.1, -0.05) is 30.0 Å². The van der Waals surface area contributed by atoms with E-state index in [1.165, 1.54) is 0 Å². The number of carbonyl (C=O) groups excluding carboxylic acids is 1. The molecule has 1 aromatic carbocycles. The molecule has 138 valence electrons. The fraction of sp³-hybridized carbons (Fsp3) is 0.381. The van der Waals surface area contributed by atoms with Gasteiger partial charge in [-0.15, -0.1) is 0 Å². The highest BCUT2D eigenvalue weighted by Crippen LogP contribution is 2.00. The molecule has 5 nitrogen and oxygen atoms in total. The Labute approximate surface area is 155 Å². The zero-order chi connectivity index (χ0) is 18.5. The molecule has 1 aliphatic rings. The lowest BCUT2D eigenvalue weighted by Crippen LogP contribution is -2.37. The molecule has 1 fully saturated rings. The molecule has 0 amide bonds. The highest BCUT2D eigenvalue weighted by molar-refractivity contribution is 5.74. The molecule has 2 N–H and O–H groups in total. The van der Waals surface area contributed by atoms with Gasteiger partial charge in [0.2, 0.25) is 0 Å². The van der Waals surface area contributed by atoms with Gasteiger partial charge in [0.25, 0.3) is 0 Å². The summed E-state index contributed by atoms with van der Waals surface area (Å²) in [6.07, 6.45) is 6.90. The predicted molar refractivity (Wildman–Crippen MR) is 103 cm³/mol. The number of hydrogen-bond acceptors (Lipinski definition) is 5. The van der Waals surface area contributed by atoms with Crippen molar-refractivity contribution in [2.75, 3.05) is 45.9 Å². The maximum absolute atomic E-state index is 10.6. The van der Waals surface area contributed by atoms with Gasteiger partial charge in [0.05, 0.1) is 19.8 Å². The lowest BCUT2D eigenvalue weighted by Gasteiger charge is -2.26. The second-order valence-electron chi connectivity index (χ2n) is 6.01. The van der Waals surface area contributed by atoms with Gasteiger partial charge in [0.15, 0.2) is 0 Å². The minimum absolute atomic E-state index is 0.282.